The quantitative estimate of drug-likeness (QED) is 0.618. The number of ether oxygens (including phenoxy) is 1. The second-order valence-electron chi connectivity index (χ2n) is 6.17. The van der Waals surface area contributed by atoms with Crippen LogP contribution in [0.2, 0.25) is 0 Å². The first kappa shape index (κ1) is 14.7. The number of carbonyl (C=O) groups is 1. The Morgan fingerprint density at radius 1 is 1.39 bits per heavy atom. The molecule has 1 aliphatic carbocycles. The molecule has 1 fully saturated rings. The van der Waals surface area contributed by atoms with Crippen molar-refractivity contribution in [2.45, 2.75) is 64.6 Å². The molecule has 5 heteroatoms. The summed E-state index contributed by atoms with van der Waals surface area (Å²) in [6, 6.07) is -0.186. The third-order valence-electron chi connectivity index (χ3n) is 2.95. The van der Waals surface area contributed by atoms with Gasteiger partial charge in [0.05, 0.1) is 11.6 Å². The number of nitrogens with zero attached hydrogens (tertiary/aromatic N) is 1. The Kier molecular flexibility index (Phi) is 4.17. The molecule has 1 saturated carbocycles. The van der Waals surface area contributed by atoms with Crippen LogP contribution < -0.4 is 5.32 Å². The Hall–Kier alpha value is -1.35. The van der Waals surface area contributed by atoms with Crippen LogP contribution in [0.5, 0.6) is 0 Å². The van der Waals surface area contributed by atoms with Crippen LogP contribution in [0.3, 0.4) is 0 Å². The van der Waals surface area contributed by atoms with E-state index in [9.17, 15) is 9.59 Å². The van der Waals surface area contributed by atoms with Gasteiger partial charge in [-0.25, -0.2) is 9.59 Å². The number of hydrogen-bond donors (Lipinski definition) is 1. The number of rotatable bonds is 4. The summed E-state index contributed by atoms with van der Waals surface area (Å²) in [6.45, 7) is 9.42. The van der Waals surface area contributed by atoms with E-state index in [1.54, 1.807) is 6.08 Å². The molecule has 0 aromatic heterocycles. The lowest BCUT2D eigenvalue weighted by Crippen LogP contribution is -2.49. The summed E-state index contributed by atoms with van der Waals surface area (Å²) in [5.74, 6) is 0.178. The predicted octanol–water partition coefficient (Wildman–Crippen LogP) is 2.40. The normalized spacial score (nSPS) is 18.8. The molecule has 0 spiro atoms. The van der Waals surface area contributed by atoms with Crippen LogP contribution in [-0.2, 0) is 9.53 Å². The lowest BCUT2D eigenvalue weighted by molar-refractivity contribution is 0.0476. The average Bonchev–Trinajstić information content (AvgIpc) is 2.92. The van der Waals surface area contributed by atoms with Gasteiger partial charge in [-0.3, -0.25) is 0 Å². The van der Waals surface area contributed by atoms with Crippen LogP contribution >= 0.6 is 0 Å². The van der Waals surface area contributed by atoms with Crippen molar-refractivity contribution < 1.29 is 14.3 Å². The predicted molar refractivity (Wildman–Crippen MR) is 68.1 cm³/mol. The summed E-state index contributed by atoms with van der Waals surface area (Å²) in [7, 11) is 0. The van der Waals surface area contributed by atoms with Crippen LogP contribution in [0.4, 0.5) is 4.79 Å². The van der Waals surface area contributed by atoms with Crippen LogP contribution in [0.15, 0.2) is 4.99 Å². The third kappa shape index (κ3) is 3.84. The van der Waals surface area contributed by atoms with Gasteiger partial charge in [0, 0.05) is 0 Å². The molecule has 102 valence electrons. The van der Waals surface area contributed by atoms with Gasteiger partial charge in [-0.15, -0.1) is 0 Å². The van der Waals surface area contributed by atoms with Gasteiger partial charge in [0.15, 0.2) is 0 Å². The minimum absolute atomic E-state index is 0.178. The molecule has 0 heterocycles. The Labute approximate surface area is 108 Å². The fourth-order valence-electron chi connectivity index (χ4n) is 2.07. The minimum Gasteiger partial charge on any atom is -0.444 e. The molecule has 1 unspecified atom stereocenters. The number of carbonyl (C=O) groups excluding carboxylic acids is 2. The molecule has 1 aliphatic rings. The average molecular weight is 254 g/mol. The summed E-state index contributed by atoms with van der Waals surface area (Å²) in [4.78, 5) is 26.1. The molecule has 0 bridgehead atoms. The maximum Gasteiger partial charge on any atom is 0.407 e. The van der Waals surface area contributed by atoms with Crippen molar-refractivity contribution in [3.05, 3.63) is 0 Å². The van der Waals surface area contributed by atoms with Crippen molar-refractivity contribution in [1.82, 2.24) is 5.32 Å². The van der Waals surface area contributed by atoms with E-state index >= 15 is 0 Å². The van der Waals surface area contributed by atoms with Gasteiger partial charge in [-0.1, -0.05) is 13.8 Å². The minimum atomic E-state index is -0.531. The van der Waals surface area contributed by atoms with Gasteiger partial charge in [-0.2, -0.15) is 4.99 Å². The van der Waals surface area contributed by atoms with Crippen LogP contribution in [-0.4, -0.2) is 29.4 Å². The Bertz CT molecular complexity index is 361. The van der Waals surface area contributed by atoms with Gasteiger partial charge < -0.3 is 10.1 Å². The van der Waals surface area contributed by atoms with Crippen molar-refractivity contribution in [3.8, 4) is 0 Å². The Balaban J connectivity index is 2.71. The highest BCUT2D eigenvalue weighted by Gasteiger charge is 2.52. The molecular formula is C13H22N2O3. The van der Waals surface area contributed by atoms with Gasteiger partial charge in [0.25, 0.3) is 0 Å². The number of alkyl carbamates (subject to hydrolysis) is 1. The van der Waals surface area contributed by atoms with Gasteiger partial charge in [-0.05, 0) is 39.5 Å². The summed E-state index contributed by atoms with van der Waals surface area (Å²) >= 11 is 0. The van der Waals surface area contributed by atoms with E-state index in [0.29, 0.717) is 0 Å². The number of nitrogens with one attached hydrogen (secondary N) is 1. The molecule has 18 heavy (non-hydrogen) atoms. The fourth-order valence-corrected chi connectivity index (χ4v) is 2.07. The van der Waals surface area contributed by atoms with E-state index in [2.05, 4.69) is 10.3 Å². The molecule has 1 N–H and O–H groups in total. The molecule has 1 amide bonds. The van der Waals surface area contributed by atoms with Crippen LogP contribution in [0.25, 0.3) is 0 Å². The van der Waals surface area contributed by atoms with Gasteiger partial charge in [0.2, 0.25) is 6.08 Å². The standard InChI is InChI=1S/C13H22N2O3/c1-9(2)10(13(6-7-13)14-8-16)15-11(17)18-12(3,4)5/h9-10H,6-7H2,1-5H3,(H,15,17). The van der Waals surface area contributed by atoms with E-state index in [-0.39, 0.29) is 12.0 Å². The zero-order chi connectivity index (χ0) is 14.0. The van der Waals surface area contributed by atoms with Crippen molar-refractivity contribution in [2.24, 2.45) is 10.9 Å². The van der Waals surface area contributed by atoms with E-state index < -0.39 is 17.2 Å². The van der Waals surface area contributed by atoms with Gasteiger partial charge in [0.1, 0.15) is 5.60 Å². The first-order valence-electron chi connectivity index (χ1n) is 6.29. The summed E-state index contributed by atoms with van der Waals surface area (Å²) in [5.41, 5.74) is -0.997. The van der Waals surface area contributed by atoms with Crippen molar-refractivity contribution in [3.63, 3.8) is 0 Å². The molecule has 1 atom stereocenters. The SMILES string of the molecule is CC(C)C(NC(=O)OC(C)(C)C)C1(N=C=O)CC1. The number of isocyanates is 1. The lowest BCUT2D eigenvalue weighted by Gasteiger charge is -2.29. The first-order valence-corrected chi connectivity index (χ1v) is 6.29. The van der Waals surface area contributed by atoms with Crippen molar-refractivity contribution >= 4 is 12.2 Å². The zero-order valence-corrected chi connectivity index (χ0v) is 11.7. The van der Waals surface area contributed by atoms with Gasteiger partial charge >= 0.3 is 6.09 Å². The number of aliphatic imine (C=N–C) groups is 1. The maximum absolute atomic E-state index is 11.8. The topological polar surface area (TPSA) is 67.8 Å². The lowest BCUT2D eigenvalue weighted by atomic mass is 9.95. The molecule has 5 nitrogen and oxygen atoms in total. The molecule has 0 saturated heterocycles. The highest BCUT2D eigenvalue weighted by atomic mass is 16.6. The van der Waals surface area contributed by atoms with E-state index in [4.69, 9.17) is 4.74 Å². The summed E-state index contributed by atoms with van der Waals surface area (Å²) in [5, 5.41) is 2.83. The second-order valence-corrected chi connectivity index (χ2v) is 6.17. The largest absolute Gasteiger partial charge is 0.444 e. The first-order chi connectivity index (χ1) is 8.20. The summed E-state index contributed by atoms with van der Waals surface area (Å²) < 4.78 is 5.23. The Morgan fingerprint density at radius 2 is 1.94 bits per heavy atom. The molecule has 0 radical (unpaired) electrons. The zero-order valence-electron chi connectivity index (χ0n) is 11.7. The highest BCUT2D eigenvalue weighted by molar-refractivity contribution is 5.68. The highest BCUT2D eigenvalue weighted by Crippen LogP contribution is 2.44. The van der Waals surface area contributed by atoms with Crippen molar-refractivity contribution in [1.29, 1.82) is 0 Å². The smallest absolute Gasteiger partial charge is 0.407 e. The molecular weight excluding hydrogens is 232 g/mol. The number of amides is 1. The molecule has 0 aromatic rings. The van der Waals surface area contributed by atoms with Crippen LogP contribution in [0, 0.1) is 5.92 Å². The molecule has 0 aliphatic heterocycles. The fraction of sp³-hybridized carbons (Fsp3) is 0.846. The van der Waals surface area contributed by atoms with Crippen molar-refractivity contribution in [2.75, 3.05) is 0 Å². The van der Waals surface area contributed by atoms with E-state index in [1.165, 1.54) is 0 Å². The monoisotopic (exact) mass is 254 g/mol. The van der Waals surface area contributed by atoms with E-state index in [0.717, 1.165) is 12.8 Å². The molecule has 0 aromatic carbocycles. The third-order valence-corrected chi connectivity index (χ3v) is 2.95. The number of hydrogen-bond acceptors (Lipinski definition) is 4. The molecule has 1 rings (SSSR count). The second kappa shape index (κ2) is 5.11. The van der Waals surface area contributed by atoms with E-state index in [1.807, 2.05) is 34.6 Å². The maximum atomic E-state index is 11.8. The van der Waals surface area contributed by atoms with Crippen LogP contribution in [0.1, 0.15) is 47.5 Å². The Morgan fingerprint density at radius 3 is 2.28 bits per heavy atom. The summed E-state index contributed by atoms with van der Waals surface area (Å²) in [6.07, 6.45) is 2.76.